The van der Waals surface area contributed by atoms with E-state index in [0.29, 0.717) is 24.0 Å². The number of nitro groups is 1. The third-order valence-corrected chi connectivity index (χ3v) is 4.80. The second-order valence-electron chi connectivity index (χ2n) is 6.84. The Hall–Kier alpha value is -3.27. The molecule has 0 atom stereocenters. The van der Waals surface area contributed by atoms with Gasteiger partial charge in [-0.25, -0.2) is 0 Å². The monoisotopic (exact) mass is 373 g/mol. The lowest BCUT2D eigenvalue weighted by Gasteiger charge is -2.09. The van der Waals surface area contributed by atoms with Crippen LogP contribution < -0.4 is 0 Å². The van der Waals surface area contributed by atoms with Gasteiger partial charge in [0.2, 0.25) is 0 Å². The van der Waals surface area contributed by atoms with E-state index in [2.05, 4.69) is 0 Å². The molecule has 0 bridgehead atoms. The molecule has 0 fully saturated rings. The average Bonchev–Trinajstić information content (AvgIpc) is 2.73. The molecule has 4 nitrogen and oxygen atoms in total. The molecular weight excluding hydrogens is 350 g/mol. The molecule has 0 aliphatic rings. The van der Waals surface area contributed by atoms with Crippen LogP contribution in [0, 0.1) is 10.1 Å². The molecule has 0 unspecified atom stereocenters. The van der Waals surface area contributed by atoms with Crippen molar-refractivity contribution >= 4 is 11.5 Å². The summed E-state index contributed by atoms with van der Waals surface area (Å²) >= 11 is 0. The van der Waals surface area contributed by atoms with Gasteiger partial charge in [0.15, 0.2) is 5.78 Å². The number of aryl methyl sites for hydroxylation is 2. The van der Waals surface area contributed by atoms with Crippen molar-refractivity contribution in [3.63, 3.8) is 0 Å². The Morgan fingerprint density at radius 1 is 0.893 bits per heavy atom. The molecule has 28 heavy (non-hydrogen) atoms. The number of nitro benzene ring substituents is 1. The Bertz CT molecular complexity index is 980. The molecule has 3 aromatic rings. The van der Waals surface area contributed by atoms with Crippen molar-refractivity contribution in [2.24, 2.45) is 0 Å². The van der Waals surface area contributed by atoms with Gasteiger partial charge >= 0.3 is 0 Å². The SMILES string of the molecule is CCCC(=O)c1cccc(-c2ccc([N+](=O)[O-])c(CCc3ccccc3)c2)c1. The first kappa shape index (κ1) is 19.5. The summed E-state index contributed by atoms with van der Waals surface area (Å²) in [5.74, 6) is 0.121. The maximum absolute atomic E-state index is 12.2. The van der Waals surface area contributed by atoms with E-state index in [0.717, 1.165) is 29.5 Å². The van der Waals surface area contributed by atoms with E-state index < -0.39 is 0 Å². The van der Waals surface area contributed by atoms with E-state index in [4.69, 9.17) is 0 Å². The second kappa shape index (κ2) is 9.09. The standard InChI is InChI=1S/C24H23NO3/c1-2-7-24(26)22-11-6-10-19(17-22)20-14-15-23(25(27)28)21(16-20)13-12-18-8-4-3-5-9-18/h3-6,8-11,14-17H,2,7,12-13H2,1H3. The number of carbonyl (C=O) groups excluding carboxylic acids is 1. The van der Waals surface area contributed by atoms with Gasteiger partial charge in [-0.3, -0.25) is 14.9 Å². The fourth-order valence-electron chi connectivity index (χ4n) is 3.31. The second-order valence-corrected chi connectivity index (χ2v) is 6.84. The normalized spacial score (nSPS) is 10.6. The van der Waals surface area contributed by atoms with Crippen LogP contribution in [0.5, 0.6) is 0 Å². The van der Waals surface area contributed by atoms with Crippen molar-refractivity contribution in [2.75, 3.05) is 0 Å². The summed E-state index contributed by atoms with van der Waals surface area (Å²) in [5, 5.41) is 11.5. The highest BCUT2D eigenvalue weighted by molar-refractivity contribution is 5.97. The van der Waals surface area contributed by atoms with Crippen LogP contribution in [0.2, 0.25) is 0 Å². The van der Waals surface area contributed by atoms with Crippen LogP contribution in [0.3, 0.4) is 0 Å². The molecule has 4 heteroatoms. The highest BCUT2D eigenvalue weighted by Crippen LogP contribution is 2.28. The molecule has 3 rings (SSSR count). The number of benzene rings is 3. The van der Waals surface area contributed by atoms with Crippen molar-refractivity contribution in [3.8, 4) is 11.1 Å². The number of hydrogen-bond acceptors (Lipinski definition) is 3. The molecule has 0 aromatic heterocycles. The molecule has 0 saturated heterocycles. The van der Waals surface area contributed by atoms with Crippen molar-refractivity contribution in [1.82, 2.24) is 0 Å². The van der Waals surface area contributed by atoms with Gasteiger partial charge in [0, 0.05) is 23.6 Å². The molecule has 0 radical (unpaired) electrons. The van der Waals surface area contributed by atoms with Crippen molar-refractivity contribution in [1.29, 1.82) is 0 Å². The smallest absolute Gasteiger partial charge is 0.272 e. The first-order chi connectivity index (χ1) is 13.6. The molecule has 0 aliphatic carbocycles. The van der Waals surface area contributed by atoms with Gasteiger partial charge < -0.3 is 0 Å². The van der Waals surface area contributed by atoms with Gasteiger partial charge in [0.05, 0.1) is 4.92 Å². The fourth-order valence-corrected chi connectivity index (χ4v) is 3.31. The Morgan fingerprint density at radius 2 is 1.64 bits per heavy atom. The minimum Gasteiger partial charge on any atom is -0.294 e. The zero-order valence-corrected chi connectivity index (χ0v) is 15.9. The third kappa shape index (κ3) is 4.71. The number of carbonyl (C=O) groups is 1. The number of rotatable bonds is 8. The van der Waals surface area contributed by atoms with Crippen LogP contribution in [0.4, 0.5) is 5.69 Å². The van der Waals surface area contributed by atoms with E-state index in [1.165, 1.54) is 0 Å². The summed E-state index contributed by atoms with van der Waals surface area (Å²) in [6.45, 7) is 1.98. The molecule has 3 aromatic carbocycles. The molecule has 0 N–H and O–H groups in total. The number of hydrogen-bond donors (Lipinski definition) is 0. The van der Waals surface area contributed by atoms with Crippen LogP contribution in [0.25, 0.3) is 11.1 Å². The molecule has 142 valence electrons. The average molecular weight is 373 g/mol. The lowest BCUT2D eigenvalue weighted by molar-refractivity contribution is -0.385. The predicted octanol–water partition coefficient (Wildman–Crippen LogP) is 6.03. The summed E-state index contributed by atoms with van der Waals surface area (Å²) in [6.07, 6.45) is 2.65. The summed E-state index contributed by atoms with van der Waals surface area (Å²) in [5.41, 5.74) is 4.46. The Balaban J connectivity index is 1.91. The molecule has 0 aliphatic heterocycles. The predicted molar refractivity (Wildman–Crippen MR) is 112 cm³/mol. The Labute approximate surface area is 165 Å². The first-order valence-electron chi connectivity index (χ1n) is 9.53. The largest absolute Gasteiger partial charge is 0.294 e. The highest BCUT2D eigenvalue weighted by atomic mass is 16.6. The fraction of sp³-hybridized carbons (Fsp3) is 0.208. The van der Waals surface area contributed by atoms with E-state index in [1.54, 1.807) is 12.1 Å². The van der Waals surface area contributed by atoms with Crippen LogP contribution >= 0.6 is 0 Å². The van der Waals surface area contributed by atoms with E-state index in [-0.39, 0.29) is 16.4 Å². The summed E-state index contributed by atoms with van der Waals surface area (Å²) in [7, 11) is 0. The molecule has 0 spiro atoms. The summed E-state index contributed by atoms with van der Waals surface area (Å²) in [6, 6.07) is 22.7. The van der Waals surface area contributed by atoms with Gasteiger partial charge in [-0.1, -0.05) is 55.5 Å². The minimum atomic E-state index is -0.328. The van der Waals surface area contributed by atoms with Crippen LogP contribution in [0.1, 0.15) is 41.3 Å². The van der Waals surface area contributed by atoms with Gasteiger partial charge in [0.25, 0.3) is 5.69 Å². The van der Waals surface area contributed by atoms with Crippen LogP contribution in [0.15, 0.2) is 72.8 Å². The zero-order chi connectivity index (χ0) is 19.9. The van der Waals surface area contributed by atoms with E-state index >= 15 is 0 Å². The molecule has 0 saturated carbocycles. The first-order valence-corrected chi connectivity index (χ1v) is 9.53. The van der Waals surface area contributed by atoms with E-state index in [9.17, 15) is 14.9 Å². The Kier molecular flexibility index (Phi) is 6.33. The molecular formula is C24H23NO3. The topological polar surface area (TPSA) is 60.2 Å². The summed E-state index contributed by atoms with van der Waals surface area (Å²) < 4.78 is 0. The molecule has 0 amide bonds. The lowest BCUT2D eigenvalue weighted by atomic mass is 9.96. The molecule has 0 heterocycles. The third-order valence-electron chi connectivity index (χ3n) is 4.80. The maximum atomic E-state index is 12.2. The van der Waals surface area contributed by atoms with Crippen molar-refractivity contribution < 1.29 is 9.72 Å². The van der Waals surface area contributed by atoms with Gasteiger partial charge in [-0.05, 0) is 54.2 Å². The number of nitrogens with zero attached hydrogens (tertiary/aromatic N) is 1. The highest BCUT2D eigenvalue weighted by Gasteiger charge is 2.15. The van der Waals surface area contributed by atoms with Gasteiger partial charge in [0.1, 0.15) is 0 Å². The lowest BCUT2D eigenvalue weighted by Crippen LogP contribution is -2.00. The minimum absolute atomic E-state index is 0.121. The Morgan fingerprint density at radius 3 is 2.36 bits per heavy atom. The quantitative estimate of drug-likeness (QED) is 0.275. The van der Waals surface area contributed by atoms with Gasteiger partial charge in [-0.2, -0.15) is 0 Å². The maximum Gasteiger partial charge on any atom is 0.272 e. The van der Waals surface area contributed by atoms with Crippen molar-refractivity contribution in [3.05, 3.63) is 99.6 Å². The van der Waals surface area contributed by atoms with E-state index in [1.807, 2.05) is 67.6 Å². The van der Waals surface area contributed by atoms with Crippen LogP contribution in [-0.4, -0.2) is 10.7 Å². The van der Waals surface area contributed by atoms with Crippen LogP contribution in [-0.2, 0) is 12.8 Å². The van der Waals surface area contributed by atoms with Gasteiger partial charge in [-0.15, -0.1) is 0 Å². The summed E-state index contributed by atoms with van der Waals surface area (Å²) in [4.78, 5) is 23.3. The number of ketones is 1. The number of Topliss-reactive ketones (excluding diaryl/α,β-unsaturated/α-hetero) is 1. The zero-order valence-electron chi connectivity index (χ0n) is 15.9. The van der Waals surface area contributed by atoms with Crippen molar-refractivity contribution in [2.45, 2.75) is 32.6 Å².